The predicted octanol–water partition coefficient (Wildman–Crippen LogP) is 3.04. The molecule has 2 unspecified atom stereocenters. The summed E-state index contributed by atoms with van der Waals surface area (Å²) in [6.07, 6.45) is -0.642. The van der Waals surface area contributed by atoms with Crippen molar-refractivity contribution >= 4 is 35.8 Å². The molecule has 1 heterocycles. The van der Waals surface area contributed by atoms with Crippen LogP contribution in [0.15, 0.2) is 0 Å². The lowest BCUT2D eigenvalue weighted by molar-refractivity contribution is -0.164. The lowest BCUT2D eigenvalue weighted by atomic mass is 10.1. The molecule has 1 aliphatic heterocycles. The van der Waals surface area contributed by atoms with Crippen LogP contribution in [0.1, 0.15) is 109 Å². The van der Waals surface area contributed by atoms with Crippen molar-refractivity contribution in [1.82, 2.24) is 19.6 Å². The quantitative estimate of drug-likeness (QED) is 0.193. The highest BCUT2D eigenvalue weighted by Gasteiger charge is 2.35. The van der Waals surface area contributed by atoms with Gasteiger partial charge >= 0.3 is 35.8 Å². The molecule has 1 aliphatic rings. The molecule has 0 aromatic carbocycles. The lowest BCUT2D eigenvalue weighted by Crippen LogP contribution is -2.54. The second kappa shape index (κ2) is 21.1. The molecule has 0 radical (unpaired) electrons. The van der Waals surface area contributed by atoms with Crippen LogP contribution in [0.5, 0.6) is 0 Å². The standard InChI is InChI=1S/C38H68N4O12/c1-35(2,3)51-31(47)25-39-17-21-41(27(13-15-29(43)44)33(49)53-37(7,8)9)23-19-40(26-32(48)52-36(4,5)6)20-24-42(22-18-39)28(14-16-30(45)46)34(50)54-38(10,11)12/h27-28H,13-26H2,1-12H3,(H,43,44)(H,45,46). The first-order chi connectivity index (χ1) is 24.5. The molecule has 0 aromatic heterocycles. The maximum absolute atomic E-state index is 13.6. The van der Waals surface area contributed by atoms with Crippen molar-refractivity contribution in [1.29, 1.82) is 0 Å². The van der Waals surface area contributed by atoms with E-state index in [0.29, 0.717) is 0 Å². The molecule has 16 heteroatoms. The summed E-state index contributed by atoms with van der Waals surface area (Å²) in [4.78, 5) is 84.3. The van der Waals surface area contributed by atoms with Gasteiger partial charge in [0.2, 0.25) is 0 Å². The van der Waals surface area contributed by atoms with E-state index in [1.165, 1.54) is 0 Å². The lowest BCUT2D eigenvalue weighted by Gasteiger charge is -2.38. The molecule has 312 valence electrons. The Labute approximate surface area is 321 Å². The molecule has 1 saturated heterocycles. The van der Waals surface area contributed by atoms with Crippen LogP contribution in [0.4, 0.5) is 0 Å². The van der Waals surface area contributed by atoms with E-state index in [2.05, 4.69) is 0 Å². The van der Waals surface area contributed by atoms with Gasteiger partial charge in [-0.05, 0) is 95.9 Å². The molecule has 0 saturated carbocycles. The summed E-state index contributed by atoms with van der Waals surface area (Å²) in [5.41, 5.74) is -3.19. The Hall–Kier alpha value is -3.34. The van der Waals surface area contributed by atoms with Crippen molar-refractivity contribution in [2.24, 2.45) is 0 Å². The number of aliphatic carboxylic acids is 2. The van der Waals surface area contributed by atoms with Gasteiger partial charge in [-0.1, -0.05) is 0 Å². The fourth-order valence-corrected chi connectivity index (χ4v) is 5.74. The molecule has 54 heavy (non-hydrogen) atoms. The van der Waals surface area contributed by atoms with Crippen molar-refractivity contribution < 1.29 is 57.9 Å². The van der Waals surface area contributed by atoms with Crippen LogP contribution in [0.25, 0.3) is 0 Å². The third-order valence-electron chi connectivity index (χ3n) is 7.86. The van der Waals surface area contributed by atoms with Crippen LogP contribution in [0, 0.1) is 0 Å². The van der Waals surface area contributed by atoms with Crippen molar-refractivity contribution in [2.75, 3.05) is 65.4 Å². The molecule has 0 amide bonds. The molecule has 0 bridgehead atoms. The maximum Gasteiger partial charge on any atom is 0.323 e. The number of carboxylic acids is 2. The predicted molar refractivity (Wildman–Crippen MR) is 201 cm³/mol. The number of hydrogen-bond acceptors (Lipinski definition) is 14. The Bertz CT molecular complexity index is 1150. The van der Waals surface area contributed by atoms with Gasteiger partial charge in [0.1, 0.15) is 34.5 Å². The second-order valence-electron chi connectivity index (χ2n) is 17.8. The van der Waals surface area contributed by atoms with Crippen molar-refractivity contribution in [3.05, 3.63) is 0 Å². The molecule has 16 nitrogen and oxygen atoms in total. The average molecular weight is 773 g/mol. The van der Waals surface area contributed by atoms with E-state index in [1.807, 2.05) is 19.6 Å². The third-order valence-corrected chi connectivity index (χ3v) is 7.86. The first kappa shape index (κ1) is 48.7. The van der Waals surface area contributed by atoms with Gasteiger partial charge < -0.3 is 29.2 Å². The Morgan fingerprint density at radius 3 is 0.944 bits per heavy atom. The van der Waals surface area contributed by atoms with E-state index >= 15 is 0 Å². The van der Waals surface area contributed by atoms with Gasteiger partial charge in [-0.15, -0.1) is 0 Å². The number of nitrogens with zero attached hydrogens (tertiary/aromatic N) is 4. The molecular weight excluding hydrogens is 704 g/mol. The van der Waals surface area contributed by atoms with Gasteiger partial charge in [-0.25, -0.2) is 0 Å². The van der Waals surface area contributed by atoms with E-state index < -0.39 is 70.3 Å². The minimum Gasteiger partial charge on any atom is -0.481 e. The van der Waals surface area contributed by atoms with Gasteiger partial charge in [0.25, 0.3) is 0 Å². The van der Waals surface area contributed by atoms with Gasteiger partial charge in [0.15, 0.2) is 0 Å². The fraction of sp³-hybridized carbons (Fsp3) is 0.842. The summed E-state index contributed by atoms with van der Waals surface area (Å²) in [5, 5.41) is 19.1. The zero-order valence-corrected chi connectivity index (χ0v) is 34.8. The SMILES string of the molecule is CC(C)(C)OC(=O)CN1CCN(C(CCC(=O)O)C(=O)OC(C)(C)C)CCN(CC(=O)OC(C)(C)C)CCN(C(CCC(=O)O)C(=O)OC(C)(C)C)CC1. The molecule has 0 aromatic rings. The summed E-state index contributed by atoms with van der Waals surface area (Å²) in [6, 6.07) is -1.89. The highest BCUT2D eigenvalue weighted by Crippen LogP contribution is 2.19. The summed E-state index contributed by atoms with van der Waals surface area (Å²) in [6.45, 7) is 22.5. The summed E-state index contributed by atoms with van der Waals surface area (Å²) < 4.78 is 22.7. The number of carboxylic acid groups (broad SMARTS) is 2. The van der Waals surface area contributed by atoms with Crippen LogP contribution >= 0.6 is 0 Å². The average Bonchev–Trinajstić information content (AvgIpc) is 2.93. The molecule has 1 fully saturated rings. The number of rotatable bonds is 14. The summed E-state index contributed by atoms with van der Waals surface area (Å²) in [5.74, 6) is -4.28. The van der Waals surface area contributed by atoms with Gasteiger partial charge in [-0.3, -0.25) is 48.4 Å². The van der Waals surface area contributed by atoms with E-state index in [9.17, 15) is 39.0 Å². The van der Waals surface area contributed by atoms with Crippen LogP contribution in [-0.4, -0.2) is 166 Å². The number of hydrogen-bond donors (Lipinski definition) is 2. The van der Waals surface area contributed by atoms with E-state index in [0.717, 1.165) is 0 Å². The number of ether oxygens (including phenoxy) is 4. The van der Waals surface area contributed by atoms with Gasteiger partial charge in [0, 0.05) is 65.2 Å². The van der Waals surface area contributed by atoms with Gasteiger partial charge in [-0.2, -0.15) is 0 Å². The van der Waals surface area contributed by atoms with E-state index in [1.54, 1.807) is 83.1 Å². The monoisotopic (exact) mass is 772 g/mol. The fourth-order valence-electron chi connectivity index (χ4n) is 5.74. The maximum atomic E-state index is 13.6. The van der Waals surface area contributed by atoms with Crippen molar-refractivity contribution in [2.45, 2.75) is 143 Å². The molecule has 1 rings (SSSR count). The summed E-state index contributed by atoms with van der Waals surface area (Å²) in [7, 11) is 0. The molecule has 2 atom stereocenters. The first-order valence-electron chi connectivity index (χ1n) is 18.8. The van der Waals surface area contributed by atoms with E-state index in [4.69, 9.17) is 18.9 Å². The van der Waals surface area contributed by atoms with E-state index in [-0.39, 0.29) is 91.1 Å². The van der Waals surface area contributed by atoms with Crippen LogP contribution in [0.3, 0.4) is 0 Å². The van der Waals surface area contributed by atoms with Crippen LogP contribution in [-0.2, 0) is 47.7 Å². The second-order valence-corrected chi connectivity index (χ2v) is 17.8. The highest BCUT2D eigenvalue weighted by molar-refractivity contribution is 5.78. The number of carbonyl (C=O) groups excluding carboxylic acids is 4. The number of carbonyl (C=O) groups is 6. The third kappa shape index (κ3) is 22.1. The van der Waals surface area contributed by atoms with Crippen molar-refractivity contribution in [3.63, 3.8) is 0 Å². The zero-order valence-electron chi connectivity index (χ0n) is 34.8. The highest BCUT2D eigenvalue weighted by atomic mass is 16.6. The molecule has 2 N–H and O–H groups in total. The van der Waals surface area contributed by atoms with Gasteiger partial charge in [0.05, 0.1) is 13.1 Å². The Morgan fingerprint density at radius 1 is 0.463 bits per heavy atom. The minimum absolute atomic E-state index is 0.0305. The van der Waals surface area contributed by atoms with Crippen LogP contribution in [0.2, 0.25) is 0 Å². The first-order valence-corrected chi connectivity index (χ1v) is 18.8. The number of esters is 4. The summed E-state index contributed by atoms with van der Waals surface area (Å²) >= 11 is 0. The normalized spacial score (nSPS) is 18.0. The smallest absolute Gasteiger partial charge is 0.323 e. The minimum atomic E-state index is -1.07. The largest absolute Gasteiger partial charge is 0.481 e. The Balaban J connectivity index is 3.74. The van der Waals surface area contributed by atoms with Crippen LogP contribution < -0.4 is 0 Å². The Kier molecular flexibility index (Phi) is 19.0. The molecule has 0 aliphatic carbocycles. The van der Waals surface area contributed by atoms with Crippen molar-refractivity contribution in [3.8, 4) is 0 Å². The zero-order chi connectivity index (χ0) is 41.7. The topological polar surface area (TPSA) is 193 Å². The Morgan fingerprint density at radius 2 is 0.722 bits per heavy atom. The molecular formula is C38H68N4O12. The molecule has 0 spiro atoms.